The Bertz CT molecular complexity index is 709. The molecule has 1 aliphatic carbocycles. The lowest BCUT2D eigenvalue weighted by atomic mass is 10.2. The van der Waals surface area contributed by atoms with Crippen molar-refractivity contribution in [3.8, 4) is 0 Å². The minimum atomic E-state index is -0.246. The lowest BCUT2D eigenvalue weighted by molar-refractivity contribution is 0.0946. The van der Waals surface area contributed by atoms with Crippen LogP contribution in [0.2, 0.25) is 0 Å². The fourth-order valence-electron chi connectivity index (χ4n) is 2.46. The van der Waals surface area contributed by atoms with E-state index < -0.39 is 0 Å². The van der Waals surface area contributed by atoms with Gasteiger partial charge >= 0.3 is 0 Å². The SMILES string of the molecule is O=C(NCCn1nc2c(cc1=O)CCC2)c1ccccn1. The van der Waals surface area contributed by atoms with Crippen molar-refractivity contribution in [3.05, 3.63) is 57.8 Å². The van der Waals surface area contributed by atoms with E-state index in [1.54, 1.807) is 30.5 Å². The van der Waals surface area contributed by atoms with Crippen molar-refractivity contribution in [2.24, 2.45) is 0 Å². The molecule has 108 valence electrons. The van der Waals surface area contributed by atoms with E-state index in [9.17, 15) is 9.59 Å². The number of hydrogen-bond acceptors (Lipinski definition) is 4. The Hall–Kier alpha value is -2.50. The second-order valence-electron chi connectivity index (χ2n) is 5.00. The number of hydrogen-bond donors (Lipinski definition) is 1. The fourth-order valence-corrected chi connectivity index (χ4v) is 2.46. The topological polar surface area (TPSA) is 76.9 Å². The first kappa shape index (κ1) is 13.5. The largest absolute Gasteiger partial charge is 0.349 e. The number of aromatic nitrogens is 3. The first-order valence-corrected chi connectivity index (χ1v) is 7.03. The fraction of sp³-hybridized carbons (Fsp3) is 0.333. The van der Waals surface area contributed by atoms with Crippen LogP contribution >= 0.6 is 0 Å². The Morgan fingerprint density at radius 3 is 3.05 bits per heavy atom. The molecule has 6 heteroatoms. The number of pyridine rings is 1. The van der Waals surface area contributed by atoms with Crippen LogP contribution in [0.1, 0.15) is 28.2 Å². The Labute approximate surface area is 121 Å². The van der Waals surface area contributed by atoms with Gasteiger partial charge in [-0.2, -0.15) is 5.10 Å². The molecule has 0 saturated carbocycles. The molecule has 0 unspecified atom stereocenters. The average Bonchev–Trinajstić information content (AvgIpc) is 2.95. The van der Waals surface area contributed by atoms with Gasteiger partial charge in [0, 0.05) is 18.8 Å². The Morgan fingerprint density at radius 2 is 2.24 bits per heavy atom. The molecular weight excluding hydrogens is 268 g/mol. The van der Waals surface area contributed by atoms with Gasteiger partial charge in [-0.05, 0) is 37.0 Å². The third-order valence-corrected chi connectivity index (χ3v) is 3.53. The highest BCUT2D eigenvalue weighted by Gasteiger charge is 2.14. The van der Waals surface area contributed by atoms with E-state index >= 15 is 0 Å². The van der Waals surface area contributed by atoms with E-state index in [1.165, 1.54) is 4.68 Å². The van der Waals surface area contributed by atoms with E-state index in [2.05, 4.69) is 15.4 Å². The molecule has 0 aliphatic heterocycles. The van der Waals surface area contributed by atoms with E-state index in [0.29, 0.717) is 18.8 Å². The van der Waals surface area contributed by atoms with Crippen molar-refractivity contribution < 1.29 is 4.79 Å². The van der Waals surface area contributed by atoms with Gasteiger partial charge in [-0.25, -0.2) is 4.68 Å². The highest BCUT2D eigenvalue weighted by atomic mass is 16.2. The van der Waals surface area contributed by atoms with Gasteiger partial charge < -0.3 is 5.32 Å². The van der Waals surface area contributed by atoms with Crippen molar-refractivity contribution >= 4 is 5.91 Å². The lowest BCUT2D eigenvalue weighted by Crippen LogP contribution is -2.32. The van der Waals surface area contributed by atoms with Gasteiger partial charge in [-0.3, -0.25) is 14.6 Å². The third kappa shape index (κ3) is 2.99. The molecule has 21 heavy (non-hydrogen) atoms. The maximum Gasteiger partial charge on any atom is 0.269 e. The van der Waals surface area contributed by atoms with Crippen molar-refractivity contribution in [3.63, 3.8) is 0 Å². The molecule has 2 aromatic rings. The quantitative estimate of drug-likeness (QED) is 0.890. The van der Waals surface area contributed by atoms with Crippen molar-refractivity contribution in [1.29, 1.82) is 0 Å². The molecule has 0 atom stereocenters. The van der Waals surface area contributed by atoms with Crippen LogP contribution in [0.4, 0.5) is 0 Å². The minimum absolute atomic E-state index is 0.109. The number of amides is 1. The molecule has 3 rings (SSSR count). The van der Waals surface area contributed by atoms with E-state index in [-0.39, 0.29) is 11.5 Å². The standard InChI is InChI=1S/C15H16N4O2/c20-14-10-11-4-3-6-12(11)18-19(14)9-8-17-15(21)13-5-1-2-7-16-13/h1-2,5,7,10H,3-4,6,8-9H2,(H,17,21). The molecule has 0 fully saturated rings. The summed E-state index contributed by atoms with van der Waals surface area (Å²) in [5, 5.41) is 7.10. The summed E-state index contributed by atoms with van der Waals surface area (Å²) in [4.78, 5) is 27.7. The molecule has 0 spiro atoms. The maximum atomic E-state index is 11.9. The number of rotatable bonds is 4. The van der Waals surface area contributed by atoms with Gasteiger partial charge in [-0.15, -0.1) is 0 Å². The normalized spacial score (nSPS) is 13.0. The highest BCUT2D eigenvalue weighted by Crippen LogP contribution is 2.16. The van der Waals surface area contributed by atoms with E-state index in [1.807, 2.05) is 0 Å². The molecule has 1 N–H and O–H groups in total. The van der Waals surface area contributed by atoms with Crippen LogP contribution in [0.5, 0.6) is 0 Å². The second kappa shape index (κ2) is 5.87. The van der Waals surface area contributed by atoms with Crippen LogP contribution in [-0.4, -0.2) is 27.2 Å². The number of aryl methyl sites for hydroxylation is 2. The van der Waals surface area contributed by atoms with Crippen LogP contribution in [0.15, 0.2) is 35.3 Å². The van der Waals surface area contributed by atoms with Crippen LogP contribution in [-0.2, 0) is 19.4 Å². The van der Waals surface area contributed by atoms with Crippen molar-refractivity contribution in [1.82, 2.24) is 20.1 Å². The average molecular weight is 284 g/mol. The van der Waals surface area contributed by atoms with Crippen LogP contribution < -0.4 is 10.9 Å². The van der Waals surface area contributed by atoms with E-state index in [0.717, 1.165) is 30.5 Å². The highest BCUT2D eigenvalue weighted by molar-refractivity contribution is 5.92. The molecular formula is C15H16N4O2. The van der Waals surface area contributed by atoms with Gasteiger partial charge in [0.05, 0.1) is 12.2 Å². The molecule has 1 aliphatic rings. The number of carbonyl (C=O) groups is 1. The van der Waals surface area contributed by atoms with Gasteiger partial charge in [0.2, 0.25) is 0 Å². The molecule has 0 saturated heterocycles. The van der Waals surface area contributed by atoms with Gasteiger partial charge in [-0.1, -0.05) is 6.07 Å². The first-order valence-electron chi connectivity index (χ1n) is 7.03. The molecule has 6 nitrogen and oxygen atoms in total. The summed E-state index contributed by atoms with van der Waals surface area (Å²) in [7, 11) is 0. The first-order chi connectivity index (χ1) is 10.2. The molecule has 1 amide bonds. The summed E-state index contributed by atoms with van der Waals surface area (Å²) in [5.74, 6) is -0.246. The molecule has 0 bridgehead atoms. The predicted molar refractivity (Wildman–Crippen MR) is 77.1 cm³/mol. The summed E-state index contributed by atoms with van der Waals surface area (Å²) in [6.45, 7) is 0.714. The monoisotopic (exact) mass is 284 g/mol. The Morgan fingerprint density at radius 1 is 1.33 bits per heavy atom. The summed E-state index contributed by atoms with van der Waals surface area (Å²) in [5.41, 5.74) is 2.33. The number of fused-ring (bicyclic) bond motifs is 1. The number of nitrogens with one attached hydrogen (secondary N) is 1. The molecule has 0 aromatic carbocycles. The minimum Gasteiger partial charge on any atom is -0.349 e. The second-order valence-corrected chi connectivity index (χ2v) is 5.00. The number of nitrogens with zero attached hydrogens (tertiary/aromatic N) is 3. The third-order valence-electron chi connectivity index (χ3n) is 3.53. The summed E-state index contributed by atoms with van der Waals surface area (Å²) in [6.07, 6.45) is 4.49. The zero-order valence-corrected chi connectivity index (χ0v) is 11.6. The van der Waals surface area contributed by atoms with Crippen LogP contribution in [0.25, 0.3) is 0 Å². The number of carbonyl (C=O) groups excluding carboxylic acids is 1. The smallest absolute Gasteiger partial charge is 0.269 e. The summed E-state index contributed by atoms with van der Waals surface area (Å²) < 4.78 is 1.42. The van der Waals surface area contributed by atoms with Gasteiger partial charge in [0.15, 0.2) is 0 Å². The predicted octanol–water partition coefficient (Wildman–Crippen LogP) is 0.557. The van der Waals surface area contributed by atoms with Crippen LogP contribution in [0, 0.1) is 0 Å². The van der Waals surface area contributed by atoms with Crippen molar-refractivity contribution in [2.75, 3.05) is 6.54 Å². The molecule has 2 aromatic heterocycles. The maximum absolute atomic E-state index is 11.9. The Kier molecular flexibility index (Phi) is 3.77. The summed E-state index contributed by atoms with van der Waals surface area (Å²) >= 11 is 0. The molecule has 2 heterocycles. The van der Waals surface area contributed by atoms with Crippen LogP contribution in [0.3, 0.4) is 0 Å². The van der Waals surface area contributed by atoms with E-state index in [4.69, 9.17) is 0 Å². The molecule has 0 radical (unpaired) electrons. The zero-order chi connectivity index (χ0) is 14.7. The van der Waals surface area contributed by atoms with Gasteiger partial charge in [0.1, 0.15) is 5.69 Å². The van der Waals surface area contributed by atoms with Gasteiger partial charge in [0.25, 0.3) is 11.5 Å². The Balaban J connectivity index is 1.61. The summed E-state index contributed by atoms with van der Waals surface area (Å²) in [6, 6.07) is 6.82. The van der Waals surface area contributed by atoms with Crippen molar-refractivity contribution in [2.45, 2.75) is 25.8 Å². The lowest BCUT2D eigenvalue weighted by Gasteiger charge is -2.08. The zero-order valence-electron chi connectivity index (χ0n) is 11.6.